The highest BCUT2D eigenvalue weighted by molar-refractivity contribution is 6.35. The Hall–Kier alpha value is -1.60. The Morgan fingerprint density at radius 3 is 2.29 bits per heavy atom. The van der Waals surface area contributed by atoms with Gasteiger partial charge in [0.05, 0.1) is 20.6 Å². The molecule has 1 heterocycles. The first-order valence-electron chi connectivity index (χ1n) is 5.50. The van der Waals surface area contributed by atoms with E-state index in [9.17, 15) is 9.18 Å². The molecule has 21 heavy (non-hydrogen) atoms. The Balaban J connectivity index is 2.24. The molecule has 0 aliphatic heterocycles. The van der Waals surface area contributed by atoms with E-state index in [0.717, 1.165) is 0 Å². The zero-order valence-electron chi connectivity index (χ0n) is 10.3. The molecule has 0 unspecified atom stereocenters. The number of anilines is 2. The van der Waals surface area contributed by atoms with Gasteiger partial charge in [-0.1, -0.05) is 34.8 Å². The SMILES string of the molecule is NNc1ncc(C(=O)Nc2cc(Cl)c(F)c(Cl)c2)cc1Cl. The molecule has 0 bridgehead atoms. The first-order chi connectivity index (χ1) is 9.92. The van der Waals surface area contributed by atoms with E-state index in [-0.39, 0.29) is 32.1 Å². The number of halogens is 4. The Labute approximate surface area is 134 Å². The van der Waals surface area contributed by atoms with Crippen LogP contribution in [0.3, 0.4) is 0 Å². The fourth-order valence-electron chi connectivity index (χ4n) is 1.50. The molecule has 4 N–H and O–H groups in total. The number of nitrogen functional groups attached to an aromatic ring is 1. The van der Waals surface area contributed by atoms with Crippen LogP contribution in [-0.2, 0) is 0 Å². The zero-order valence-corrected chi connectivity index (χ0v) is 12.5. The van der Waals surface area contributed by atoms with Crippen LogP contribution in [0.5, 0.6) is 0 Å². The highest BCUT2D eigenvalue weighted by atomic mass is 35.5. The van der Waals surface area contributed by atoms with Crippen molar-refractivity contribution in [3.63, 3.8) is 0 Å². The predicted octanol–water partition coefficient (Wildman–Crippen LogP) is 3.72. The summed E-state index contributed by atoms with van der Waals surface area (Å²) in [5.41, 5.74) is 2.72. The lowest BCUT2D eigenvalue weighted by molar-refractivity contribution is 0.102. The summed E-state index contributed by atoms with van der Waals surface area (Å²) in [5, 5.41) is 2.29. The standard InChI is InChI=1S/C12H8Cl3FN4O/c13-7-2-6(3-8(14)10(7)16)19-12(21)5-1-9(15)11(20-17)18-4-5/h1-4H,17H2,(H,18,20)(H,19,21). The Kier molecular flexibility index (Phi) is 4.84. The largest absolute Gasteiger partial charge is 0.322 e. The van der Waals surface area contributed by atoms with Gasteiger partial charge >= 0.3 is 0 Å². The number of carbonyl (C=O) groups is 1. The number of hydrogen-bond acceptors (Lipinski definition) is 4. The van der Waals surface area contributed by atoms with Gasteiger partial charge in [-0.05, 0) is 18.2 Å². The minimum atomic E-state index is -0.751. The van der Waals surface area contributed by atoms with Gasteiger partial charge in [-0.25, -0.2) is 15.2 Å². The van der Waals surface area contributed by atoms with Crippen LogP contribution in [0.1, 0.15) is 10.4 Å². The first kappa shape index (κ1) is 15.8. The quantitative estimate of drug-likeness (QED) is 0.448. The van der Waals surface area contributed by atoms with Crippen LogP contribution < -0.4 is 16.6 Å². The smallest absolute Gasteiger partial charge is 0.257 e. The molecule has 0 saturated heterocycles. The lowest BCUT2D eigenvalue weighted by atomic mass is 10.2. The van der Waals surface area contributed by atoms with E-state index in [2.05, 4.69) is 15.7 Å². The summed E-state index contributed by atoms with van der Waals surface area (Å²) in [7, 11) is 0. The van der Waals surface area contributed by atoms with Crippen LogP contribution in [0.2, 0.25) is 15.1 Å². The zero-order chi connectivity index (χ0) is 15.6. The van der Waals surface area contributed by atoms with Gasteiger partial charge < -0.3 is 10.7 Å². The molecule has 0 atom stereocenters. The summed E-state index contributed by atoms with van der Waals surface area (Å²) in [6, 6.07) is 3.86. The van der Waals surface area contributed by atoms with Crippen LogP contribution in [0.25, 0.3) is 0 Å². The fourth-order valence-corrected chi connectivity index (χ4v) is 2.21. The highest BCUT2D eigenvalue weighted by Gasteiger charge is 2.13. The lowest BCUT2D eigenvalue weighted by Gasteiger charge is -2.08. The molecule has 110 valence electrons. The summed E-state index contributed by atoms with van der Waals surface area (Å²) >= 11 is 17.2. The molecule has 2 rings (SSSR count). The Morgan fingerprint density at radius 2 is 1.76 bits per heavy atom. The third-order valence-corrected chi connectivity index (χ3v) is 3.32. The maximum Gasteiger partial charge on any atom is 0.257 e. The van der Waals surface area contributed by atoms with Crippen molar-refractivity contribution in [3.05, 3.63) is 50.8 Å². The van der Waals surface area contributed by atoms with Gasteiger partial charge in [0.25, 0.3) is 5.91 Å². The minimum Gasteiger partial charge on any atom is -0.322 e. The maximum atomic E-state index is 13.3. The summed E-state index contributed by atoms with van der Waals surface area (Å²) in [6.07, 6.45) is 1.28. The molecule has 0 fully saturated rings. The molecule has 1 amide bonds. The molecule has 9 heteroatoms. The maximum absolute atomic E-state index is 13.3. The average molecular weight is 350 g/mol. The van der Waals surface area contributed by atoms with Crippen LogP contribution >= 0.6 is 34.8 Å². The van der Waals surface area contributed by atoms with Gasteiger partial charge in [-0.3, -0.25) is 4.79 Å². The van der Waals surface area contributed by atoms with Crippen LogP contribution in [0.4, 0.5) is 15.9 Å². The van der Waals surface area contributed by atoms with Crippen molar-refractivity contribution in [2.75, 3.05) is 10.7 Å². The van der Waals surface area contributed by atoms with Crippen molar-refractivity contribution in [2.24, 2.45) is 5.84 Å². The number of nitrogens with one attached hydrogen (secondary N) is 2. The van der Waals surface area contributed by atoms with E-state index >= 15 is 0 Å². The number of benzene rings is 1. The van der Waals surface area contributed by atoms with Crippen molar-refractivity contribution in [2.45, 2.75) is 0 Å². The van der Waals surface area contributed by atoms with Gasteiger partial charge in [0, 0.05) is 11.9 Å². The number of pyridine rings is 1. The van der Waals surface area contributed by atoms with Crippen molar-refractivity contribution in [3.8, 4) is 0 Å². The predicted molar refractivity (Wildman–Crippen MR) is 81.4 cm³/mol. The van der Waals surface area contributed by atoms with E-state index in [1.807, 2.05) is 0 Å². The van der Waals surface area contributed by atoms with Gasteiger partial charge in [0.1, 0.15) is 0 Å². The van der Waals surface area contributed by atoms with Crippen molar-refractivity contribution in [1.29, 1.82) is 0 Å². The fraction of sp³-hybridized carbons (Fsp3) is 0. The lowest BCUT2D eigenvalue weighted by Crippen LogP contribution is -2.14. The van der Waals surface area contributed by atoms with E-state index in [0.29, 0.717) is 0 Å². The molecule has 0 radical (unpaired) electrons. The number of amides is 1. The summed E-state index contributed by atoms with van der Waals surface area (Å²) in [5.74, 6) is 4.16. The first-order valence-corrected chi connectivity index (χ1v) is 6.64. The molecule has 5 nitrogen and oxygen atoms in total. The minimum absolute atomic E-state index is 0.181. The van der Waals surface area contributed by atoms with Crippen molar-refractivity contribution < 1.29 is 9.18 Å². The van der Waals surface area contributed by atoms with E-state index < -0.39 is 11.7 Å². The topological polar surface area (TPSA) is 80.0 Å². The molecule has 2 aromatic rings. The second-order valence-corrected chi connectivity index (χ2v) is 5.13. The molecular formula is C12H8Cl3FN4O. The summed E-state index contributed by atoms with van der Waals surface area (Å²) in [4.78, 5) is 15.9. The van der Waals surface area contributed by atoms with Crippen molar-refractivity contribution in [1.82, 2.24) is 4.98 Å². The van der Waals surface area contributed by atoms with Gasteiger partial charge in [0.15, 0.2) is 11.6 Å². The normalized spacial score (nSPS) is 10.3. The van der Waals surface area contributed by atoms with E-state index in [1.54, 1.807) is 0 Å². The number of nitrogens with two attached hydrogens (primary N) is 1. The number of hydrogen-bond donors (Lipinski definition) is 3. The number of rotatable bonds is 3. The summed E-state index contributed by atoms with van der Waals surface area (Å²) in [6.45, 7) is 0. The number of nitrogens with zero attached hydrogens (tertiary/aromatic N) is 1. The molecule has 1 aromatic carbocycles. The molecule has 0 spiro atoms. The van der Waals surface area contributed by atoms with Gasteiger partial charge in [-0.15, -0.1) is 0 Å². The second-order valence-electron chi connectivity index (χ2n) is 3.91. The van der Waals surface area contributed by atoms with E-state index in [4.69, 9.17) is 40.6 Å². The van der Waals surface area contributed by atoms with Crippen LogP contribution in [-0.4, -0.2) is 10.9 Å². The molecular weight excluding hydrogens is 342 g/mol. The molecule has 1 aromatic heterocycles. The third-order valence-electron chi connectivity index (χ3n) is 2.48. The molecule has 0 saturated carbocycles. The monoisotopic (exact) mass is 348 g/mol. The highest BCUT2D eigenvalue weighted by Crippen LogP contribution is 2.28. The summed E-state index contributed by atoms with van der Waals surface area (Å²) < 4.78 is 13.3. The third kappa shape index (κ3) is 3.54. The molecule has 0 aliphatic rings. The van der Waals surface area contributed by atoms with Gasteiger partial charge in [0.2, 0.25) is 0 Å². The Morgan fingerprint density at radius 1 is 1.14 bits per heavy atom. The number of hydrazine groups is 1. The average Bonchev–Trinajstić information content (AvgIpc) is 2.44. The molecule has 0 aliphatic carbocycles. The number of aromatic nitrogens is 1. The number of carbonyl (C=O) groups excluding carboxylic acids is 1. The van der Waals surface area contributed by atoms with E-state index in [1.165, 1.54) is 24.4 Å². The second kappa shape index (κ2) is 6.44. The van der Waals surface area contributed by atoms with Gasteiger partial charge in [-0.2, -0.15) is 0 Å². The van der Waals surface area contributed by atoms with Crippen LogP contribution in [0, 0.1) is 5.82 Å². The Bertz CT molecular complexity index is 688. The van der Waals surface area contributed by atoms with Crippen LogP contribution in [0.15, 0.2) is 24.4 Å². The van der Waals surface area contributed by atoms with Crippen molar-refractivity contribution >= 4 is 52.2 Å².